The Bertz CT molecular complexity index is 510. The summed E-state index contributed by atoms with van der Waals surface area (Å²) >= 11 is 3.30. The number of phenols is 1. The van der Waals surface area contributed by atoms with E-state index in [1.807, 2.05) is 37.6 Å². The van der Waals surface area contributed by atoms with E-state index in [0.717, 1.165) is 22.1 Å². The second-order valence-electron chi connectivity index (χ2n) is 3.87. The van der Waals surface area contributed by atoms with E-state index in [1.165, 1.54) is 0 Å². The molecule has 0 amide bonds. The lowest BCUT2D eigenvalue weighted by molar-refractivity contribution is 0.461. The largest absolute Gasteiger partial charge is 0.506 e. The molecule has 1 aromatic carbocycles. The van der Waals surface area contributed by atoms with E-state index in [2.05, 4.69) is 26.3 Å². The van der Waals surface area contributed by atoms with Crippen molar-refractivity contribution < 1.29 is 5.11 Å². The Morgan fingerprint density at radius 2 is 2.24 bits per heavy atom. The monoisotopic (exact) mass is 295 g/mol. The van der Waals surface area contributed by atoms with Crippen molar-refractivity contribution in [3.63, 3.8) is 0 Å². The third-order valence-corrected chi connectivity index (χ3v) is 3.11. The van der Waals surface area contributed by atoms with Gasteiger partial charge in [-0.15, -0.1) is 0 Å². The van der Waals surface area contributed by atoms with Gasteiger partial charge in [-0.25, -0.2) is 0 Å². The molecule has 0 saturated carbocycles. The molecule has 2 N–H and O–H groups in total. The Labute approximate surface area is 108 Å². The Balaban J connectivity index is 1.92. The lowest BCUT2D eigenvalue weighted by Crippen LogP contribution is -2.12. The number of halogens is 1. The molecule has 90 valence electrons. The number of nitrogens with zero attached hydrogens (tertiary/aromatic N) is 2. The Kier molecular flexibility index (Phi) is 3.81. The maximum absolute atomic E-state index is 9.80. The SMILES string of the molecule is Cn1cc(CNCc2cccc(Br)c2O)cn1. The van der Waals surface area contributed by atoms with Crippen LogP contribution in [0.15, 0.2) is 35.1 Å². The Hall–Kier alpha value is -1.33. The lowest BCUT2D eigenvalue weighted by atomic mass is 10.2. The normalized spacial score (nSPS) is 10.7. The van der Waals surface area contributed by atoms with Crippen LogP contribution < -0.4 is 5.32 Å². The van der Waals surface area contributed by atoms with Gasteiger partial charge in [-0.3, -0.25) is 4.68 Å². The van der Waals surface area contributed by atoms with Crippen LogP contribution in [0, 0.1) is 0 Å². The molecule has 0 spiro atoms. The molecular weight excluding hydrogens is 282 g/mol. The van der Waals surface area contributed by atoms with Gasteiger partial charge < -0.3 is 10.4 Å². The highest BCUT2D eigenvalue weighted by atomic mass is 79.9. The van der Waals surface area contributed by atoms with Crippen LogP contribution in [0.25, 0.3) is 0 Å². The smallest absolute Gasteiger partial charge is 0.134 e. The van der Waals surface area contributed by atoms with Crippen LogP contribution in [0.3, 0.4) is 0 Å². The van der Waals surface area contributed by atoms with E-state index >= 15 is 0 Å². The van der Waals surface area contributed by atoms with Gasteiger partial charge in [0.1, 0.15) is 5.75 Å². The maximum Gasteiger partial charge on any atom is 0.134 e. The van der Waals surface area contributed by atoms with Crippen molar-refractivity contribution >= 4 is 15.9 Å². The number of nitrogens with one attached hydrogen (secondary N) is 1. The van der Waals surface area contributed by atoms with Crippen LogP contribution in [0.2, 0.25) is 0 Å². The van der Waals surface area contributed by atoms with Crippen molar-refractivity contribution in [2.75, 3.05) is 0 Å². The average Bonchev–Trinajstić information content (AvgIpc) is 2.70. The van der Waals surface area contributed by atoms with Gasteiger partial charge in [-0.2, -0.15) is 5.10 Å². The minimum Gasteiger partial charge on any atom is -0.506 e. The maximum atomic E-state index is 9.80. The summed E-state index contributed by atoms with van der Waals surface area (Å²) in [6.07, 6.45) is 3.79. The highest BCUT2D eigenvalue weighted by molar-refractivity contribution is 9.10. The molecule has 1 heterocycles. The van der Waals surface area contributed by atoms with Gasteiger partial charge in [0, 0.05) is 37.5 Å². The molecule has 0 bridgehead atoms. The molecule has 0 aliphatic rings. The second kappa shape index (κ2) is 5.33. The summed E-state index contributed by atoms with van der Waals surface area (Å²) in [5, 5.41) is 17.2. The number of aryl methyl sites for hydroxylation is 1. The van der Waals surface area contributed by atoms with Gasteiger partial charge in [0.15, 0.2) is 0 Å². The summed E-state index contributed by atoms with van der Waals surface area (Å²) in [5.41, 5.74) is 2.00. The van der Waals surface area contributed by atoms with E-state index in [9.17, 15) is 5.11 Å². The number of hydrogen-bond acceptors (Lipinski definition) is 3. The number of benzene rings is 1. The number of phenolic OH excluding ortho intramolecular Hbond substituents is 1. The molecular formula is C12H14BrN3O. The first kappa shape index (κ1) is 12.1. The Morgan fingerprint density at radius 3 is 2.94 bits per heavy atom. The lowest BCUT2D eigenvalue weighted by Gasteiger charge is -2.06. The molecule has 2 aromatic rings. The van der Waals surface area contributed by atoms with Crippen molar-refractivity contribution in [1.82, 2.24) is 15.1 Å². The highest BCUT2D eigenvalue weighted by Crippen LogP contribution is 2.27. The topological polar surface area (TPSA) is 50.1 Å². The predicted octanol–water partition coefficient (Wildman–Crippen LogP) is 2.18. The fraction of sp³-hybridized carbons (Fsp3) is 0.250. The van der Waals surface area contributed by atoms with Gasteiger partial charge in [0.05, 0.1) is 10.7 Å². The molecule has 0 aliphatic carbocycles. The van der Waals surface area contributed by atoms with Crippen LogP contribution in [-0.2, 0) is 20.1 Å². The van der Waals surface area contributed by atoms with E-state index in [4.69, 9.17) is 0 Å². The van der Waals surface area contributed by atoms with Gasteiger partial charge in [-0.1, -0.05) is 12.1 Å². The van der Waals surface area contributed by atoms with E-state index in [0.29, 0.717) is 12.3 Å². The highest BCUT2D eigenvalue weighted by Gasteiger charge is 2.04. The quantitative estimate of drug-likeness (QED) is 0.909. The molecule has 17 heavy (non-hydrogen) atoms. The van der Waals surface area contributed by atoms with Crippen LogP contribution in [-0.4, -0.2) is 14.9 Å². The first-order chi connectivity index (χ1) is 8.16. The van der Waals surface area contributed by atoms with Crippen molar-refractivity contribution in [3.8, 4) is 5.75 Å². The molecule has 5 heteroatoms. The molecule has 0 unspecified atom stereocenters. The Morgan fingerprint density at radius 1 is 1.41 bits per heavy atom. The average molecular weight is 296 g/mol. The van der Waals surface area contributed by atoms with E-state index in [-0.39, 0.29) is 0 Å². The zero-order valence-electron chi connectivity index (χ0n) is 9.52. The van der Waals surface area contributed by atoms with Crippen molar-refractivity contribution in [2.24, 2.45) is 7.05 Å². The molecule has 2 rings (SSSR count). The summed E-state index contributed by atoms with van der Waals surface area (Å²) in [5.74, 6) is 0.297. The third kappa shape index (κ3) is 3.08. The number of hydrogen-bond donors (Lipinski definition) is 2. The standard InChI is InChI=1S/C12H14BrN3O/c1-16-8-9(6-15-16)5-14-7-10-3-2-4-11(13)12(10)17/h2-4,6,8,14,17H,5,7H2,1H3. The molecule has 0 radical (unpaired) electrons. The summed E-state index contributed by atoms with van der Waals surface area (Å²) in [6.45, 7) is 1.36. The number of aromatic hydroxyl groups is 1. The number of aromatic nitrogens is 2. The molecule has 1 aromatic heterocycles. The van der Waals surface area contributed by atoms with Gasteiger partial charge >= 0.3 is 0 Å². The molecule has 0 aliphatic heterocycles. The van der Waals surface area contributed by atoms with Crippen LogP contribution in [0.5, 0.6) is 5.75 Å². The zero-order chi connectivity index (χ0) is 12.3. The van der Waals surface area contributed by atoms with Crippen molar-refractivity contribution in [3.05, 3.63) is 46.2 Å². The number of rotatable bonds is 4. The first-order valence-corrected chi connectivity index (χ1v) is 6.10. The first-order valence-electron chi connectivity index (χ1n) is 5.31. The van der Waals surface area contributed by atoms with Crippen LogP contribution >= 0.6 is 15.9 Å². The third-order valence-electron chi connectivity index (χ3n) is 2.47. The molecule has 0 fully saturated rings. The van der Waals surface area contributed by atoms with Gasteiger partial charge in [0.2, 0.25) is 0 Å². The summed E-state index contributed by atoms with van der Waals surface area (Å²) < 4.78 is 2.49. The predicted molar refractivity (Wildman–Crippen MR) is 69.6 cm³/mol. The summed E-state index contributed by atoms with van der Waals surface area (Å²) in [6, 6.07) is 5.63. The van der Waals surface area contributed by atoms with Crippen molar-refractivity contribution in [1.29, 1.82) is 0 Å². The fourth-order valence-electron chi connectivity index (χ4n) is 1.61. The van der Waals surface area contributed by atoms with Crippen LogP contribution in [0.4, 0.5) is 0 Å². The van der Waals surface area contributed by atoms with Gasteiger partial charge in [0.25, 0.3) is 0 Å². The molecule has 0 atom stereocenters. The number of para-hydroxylation sites is 1. The summed E-state index contributed by atoms with van der Waals surface area (Å²) in [7, 11) is 1.89. The molecule has 0 saturated heterocycles. The van der Waals surface area contributed by atoms with Gasteiger partial charge in [-0.05, 0) is 22.0 Å². The fourth-order valence-corrected chi connectivity index (χ4v) is 2.01. The van der Waals surface area contributed by atoms with Crippen molar-refractivity contribution in [2.45, 2.75) is 13.1 Å². The van der Waals surface area contributed by atoms with E-state index in [1.54, 1.807) is 4.68 Å². The zero-order valence-corrected chi connectivity index (χ0v) is 11.1. The minimum absolute atomic E-state index is 0.297. The van der Waals surface area contributed by atoms with Crippen LogP contribution in [0.1, 0.15) is 11.1 Å². The van der Waals surface area contributed by atoms with E-state index < -0.39 is 0 Å². The minimum atomic E-state index is 0.297. The molecule has 4 nitrogen and oxygen atoms in total. The second-order valence-corrected chi connectivity index (χ2v) is 4.73. The summed E-state index contributed by atoms with van der Waals surface area (Å²) in [4.78, 5) is 0.